The predicted octanol–water partition coefficient (Wildman–Crippen LogP) is 4.56. The molecule has 0 radical (unpaired) electrons. The van der Waals surface area contributed by atoms with Gasteiger partial charge in [0.2, 0.25) is 11.8 Å². The zero-order valence-electron chi connectivity index (χ0n) is 19.6. The van der Waals surface area contributed by atoms with Crippen LogP contribution in [0.2, 0.25) is 0 Å². The van der Waals surface area contributed by atoms with E-state index in [4.69, 9.17) is 0 Å². The number of hydrogen-bond acceptors (Lipinski definition) is 6. The van der Waals surface area contributed by atoms with Crippen molar-refractivity contribution < 1.29 is 32.8 Å². The van der Waals surface area contributed by atoms with E-state index < -0.39 is 34.1 Å². The zero-order chi connectivity index (χ0) is 26.5. The van der Waals surface area contributed by atoms with Gasteiger partial charge in [0.15, 0.2) is 0 Å². The number of aliphatic hydroxyl groups is 1. The summed E-state index contributed by atoms with van der Waals surface area (Å²) in [4.78, 5) is 39.9. The zero-order valence-corrected chi connectivity index (χ0v) is 19.6. The Bertz CT molecular complexity index is 1270. The largest absolute Gasteiger partial charge is 0.416 e. The van der Waals surface area contributed by atoms with Crippen LogP contribution in [0.15, 0.2) is 54.6 Å². The molecule has 2 heterocycles. The first-order valence-corrected chi connectivity index (χ1v) is 12.0. The number of allylic oxidation sites excluding steroid dienone is 2. The smallest absolute Gasteiger partial charge is 0.385 e. The van der Waals surface area contributed by atoms with Gasteiger partial charge in [-0.1, -0.05) is 24.3 Å². The molecule has 2 aliphatic heterocycles. The maximum Gasteiger partial charge on any atom is 0.416 e. The molecule has 0 aromatic heterocycles. The Morgan fingerprint density at radius 2 is 1.59 bits per heavy atom. The van der Waals surface area contributed by atoms with E-state index in [0.717, 1.165) is 17.0 Å². The molecular formula is C26H24F3N3O5. The van der Waals surface area contributed by atoms with Crippen LogP contribution >= 0.6 is 0 Å². The second-order valence-electron chi connectivity index (χ2n) is 9.70. The van der Waals surface area contributed by atoms with E-state index in [1.807, 2.05) is 12.2 Å². The van der Waals surface area contributed by atoms with E-state index in [1.165, 1.54) is 30.3 Å². The topological polar surface area (TPSA) is 104 Å². The number of hydrogen-bond donors (Lipinski definition) is 1. The molecule has 37 heavy (non-hydrogen) atoms. The Kier molecular flexibility index (Phi) is 6.06. The third-order valence-electron chi connectivity index (χ3n) is 7.58. The van der Waals surface area contributed by atoms with E-state index in [2.05, 4.69) is 0 Å². The van der Waals surface area contributed by atoms with Gasteiger partial charge in [-0.2, -0.15) is 13.2 Å². The van der Waals surface area contributed by atoms with Crippen molar-refractivity contribution >= 4 is 28.9 Å². The molecule has 5 rings (SSSR count). The highest BCUT2D eigenvalue weighted by molar-refractivity contribution is 6.22. The molecular weight excluding hydrogens is 491 g/mol. The lowest BCUT2D eigenvalue weighted by atomic mass is 9.83. The summed E-state index contributed by atoms with van der Waals surface area (Å²) in [6, 6.07) is 8.75. The number of halogens is 3. The van der Waals surface area contributed by atoms with Gasteiger partial charge in [-0.25, -0.2) is 4.90 Å². The fraction of sp³-hybridized carbons (Fsp3) is 0.385. The number of rotatable bonds is 4. The summed E-state index contributed by atoms with van der Waals surface area (Å²) in [6.07, 6.45) is 0.209. The van der Waals surface area contributed by atoms with Gasteiger partial charge in [0.25, 0.3) is 5.69 Å². The van der Waals surface area contributed by atoms with Gasteiger partial charge in [-0.05, 0) is 55.5 Å². The fourth-order valence-electron chi connectivity index (χ4n) is 5.51. The number of benzene rings is 2. The van der Waals surface area contributed by atoms with E-state index in [1.54, 1.807) is 4.90 Å². The molecule has 1 aliphatic carbocycles. The van der Waals surface area contributed by atoms with Gasteiger partial charge >= 0.3 is 6.18 Å². The minimum atomic E-state index is -4.54. The summed E-state index contributed by atoms with van der Waals surface area (Å²) in [5.74, 6) is -1.67. The van der Waals surface area contributed by atoms with Gasteiger partial charge < -0.3 is 10.0 Å². The lowest BCUT2D eigenvalue weighted by molar-refractivity contribution is -0.384. The first-order valence-electron chi connectivity index (χ1n) is 12.0. The molecule has 2 aromatic carbocycles. The minimum Gasteiger partial charge on any atom is -0.385 e. The summed E-state index contributed by atoms with van der Waals surface area (Å²) >= 11 is 0. The van der Waals surface area contributed by atoms with Crippen LogP contribution in [0, 0.1) is 22.0 Å². The van der Waals surface area contributed by atoms with Gasteiger partial charge in [-0.15, -0.1) is 0 Å². The van der Waals surface area contributed by atoms with Crippen LogP contribution in [0.1, 0.15) is 36.8 Å². The van der Waals surface area contributed by atoms with E-state index in [0.29, 0.717) is 12.8 Å². The number of carbonyl (C=O) groups excluding carboxylic acids is 2. The van der Waals surface area contributed by atoms with Crippen LogP contribution in [0.4, 0.5) is 30.2 Å². The number of piperidine rings is 1. The quantitative estimate of drug-likeness (QED) is 0.277. The average molecular weight is 515 g/mol. The summed E-state index contributed by atoms with van der Waals surface area (Å²) < 4.78 is 39.4. The van der Waals surface area contributed by atoms with Crippen molar-refractivity contribution in [3.63, 3.8) is 0 Å². The number of imide groups is 1. The van der Waals surface area contributed by atoms with Crippen molar-refractivity contribution in [1.29, 1.82) is 0 Å². The van der Waals surface area contributed by atoms with Crippen LogP contribution in [-0.2, 0) is 21.4 Å². The summed E-state index contributed by atoms with van der Waals surface area (Å²) in [5, 5.41) is 23.1. The monoisotopic (exact) mass is 515 g/mol. The van der Waals surface area contributed by atoms with E-state index >= 15 is 0 Å². The second kappa shape index (κ2) is 8.98. The number of fused-ring (bicyclic) bond motifs is 1. The Morgan fingerprint density at radius 3 is 2.16 bits per heavy atom. The molecule has 0 saturated carbocycles. The first-order chi connectivity index (χ1) is 17.5. The number of nitro benzene ring substituents is 1. The fourth-order valence-corrected chi connectivity index (χ4v) is 5.51. The predicted molar refractivity (Wildman–Crippen MR) is 128 cm³/mol. The van der Waals surface area contributed by atoms with Crippen LogP contribution in [-0.4, -0.2) is 34.9 Å². The molecule has 2 fully saturated rings. The summed E-state index contributed by atoms with van der Waals surface area (Å²) in [6.45, 7) is 0.314. The maximum absolute atomic E-state index is 13.1. The van der Waals surface area contributed by atoms with Crippen molar-refractivity contribution in [2.45, 2.75) is 37.5 Å². The molecule has 2 amide bonds. The van der Waals surface area contributed by atoms with E-state index in [-0.39, 0.29) is 60.4 Å². The lowest BCUT2D eigenvalue weighted by Crippen LogP contribution is -2.43. The maximum atomic E-state index is 13.1. The number of nitro groups is 1. The van der Waals surface area contributed by atoms with Crippen molar-refractivity contribution in [3.05, 3.63) is 75.9 Å². The molecule has 2 aromatic rings. The van der Waals surface area contributed by atoms with Gasteiger partial charge in [0, 0.05) is 19.2 Å². The highest BCUT2D eigenvalue weighted by Gasteiger charge is 2.48. The normalized spacial score (nSPS) is 23.4. The summed E-state index contributed by atoms with van der Waals surface area (Å²) in [7, 11) is 0. The molecule has 0 spiro atoms. The van der Waals surface area contributed by atoms with Crippen LogP contribution < -0.4 is 9.80 Å². The SMILES string of the molecule is O=C1[C@@H]2CC=CC[C@H]2C(=O)N1c1ccc(N2CCC(O)(c3cccc(C(F)(F)F)c3)CC2)c([N+](=O)[O-])c1. The van der Waals surface area contributed by atoms with Crippen molar-refractivity contribution in [2.24, 2.45) is 11.8 Å². The summed E-state index contributed by atoms with van der Waals surface area (Å²) in [5.41, 5.74) is -2.13. The number of amides is 2. The third-order valence-corrected chi connectivity index (χ3v) is 7.58. The molecule has 0 bridgehead atoms. The second-order valence-corrected chi connectivity index (χ2v) is 9.70. The molecule has 0 unspecified atom stereocenters. The molecule has 2 saturated heterocycles. The first kappa shape index (κ1) is 24.9. The standard InChI is InChI=1S/C26H24F3N3O5/c27-26(28,29)17-5-3-4-16(14-17)25(35)10-12-30(13-11-25)21-9-8-18(15-22(21)32(36)37)31-23(33)19-6-1-2-7-20(19)24(31)34/h1-5,8-9,14-15,19-20,35H,6-7,10-13H2/t19-,20-/m1/s1. The van der Waals surface area contributed by atoms with Gasteiger partial charge in [-0.3, -0.25) is 19.7 Å². The van der Waals surface area contributed by atoms with Crippen LogP contribution in [0.5, 0.6) is 0 Å². The van der Waals surface area contributed by atoms with Crippen molar-refractivity contribution in [1.82, 2.24) is 0 Å². The Balaban J connectivity index is 1.38. The molecule has 194 valence electrons. The van der Waals surface area contributed by atoms with Crippen molar-refractivity contribution in [2.75, 3.05) is 22.9 Å². The average Bonchev–Trinajstić information content (AvgIpc) is 3.14. The number of anilines is 2. The molecule has 8 nitrogen and oxygen atoms in total. The third kappa shape index (κ3) is 4.37. The van der Waals surface area contributed by atoms with E-state index in [9.17, 15) is 38.0 Å². The Labute approximate surface area is 210 Å². The number of alkyl halides is 3. The number of carbonyl (C=O) groups is 2. The Hall–Kier alpha value is -3.73. The molecule has 11 heteroatoms. The van der Waals surface area contributed by atoms with Crippen molar-refractivity contribution in [3.8, 4) is 0 Å². The molecule has 2 atom stereocenters. The van der Waals surface area contributed by atoms with Crippen LogP contribution in [0.25, 0.3) is 0 Å². The van der Waals surface area contributed by atoms with Gasteiger partial charge in [0.05, 0.1) is 33.6 Å². The van der Waals surface area contributed by atoms with Gasteiger partial charge in [0.1, 0.15) is 5.69 Å². The number of nitrogens with zero attached hydrogens (tertiary/aromatic N) is 3. The Morgan fingerprint density at radius 1 is 0.973 bits per heavy atom. The lowest BCUT2D eigenvalue weighted by Gasteiger charge is -2.39. The van der Waals surface area contributed by atoms with Crippen LogP contribution in [0.3, 0.4) is 0 Å². The highest BCUT2D eigenvalue weighted by atomic mass is 19.4. The molecule has 3 aliphatic rings. The highest BCUT2D eigenvalue weighted by Crippen LogP contribution is 2.42. The minimum absolute atomic E-state index is 0.0622. The molecule has 1 N–H and O–H groups in total.